The Morgan fingerprint density at radius 1 is 1.11 bits per heavy atom. The Kier molecular flexibility index (Phi) is 6.04. The minimum absolute atomic E-state index is 0.0595. The molecule has 0 aliphatic carbocycles. The lowest BCUT2D eigenvalue weighted by molar-refractivity contribution is -0.117. The highest BCUT2D eigenvalue weighted by Gasteiger charge is 2.46. The van der Waals surface area contributed by atoms with Gasteiger partial charge in [-0.05, 0) is 47.4 Å². The number of anilines is 1. The van der Waals surface area contributed by atoms with Gasteiger partial charge in [-0.15, -0.1) is 0 Å². The monoisotopic (exact) mass is 516 g/mol. The number of benzene rings is 2. The lowest BCUT2D eigenvalue weighted by atomic mass is 9.87. The fourth-order valence-electron chi connectivity index (χ4n) is 4.53. The van der Waals surface area contributed by atoms with E-state index in [2.05, 4.69) is 25.8 Å². The molecule has 0 radical (unpaired) electrons. The van der Waals surface area contributed by atoms with Crippen LogP contribution in [-0.4, -0.2) is 28.9 Å². The Morgan fingerprint density at radius 2 is 1.84 bits per heavy atom. The number of hydrogen-bond donors (Lipinski definition) is 1. The number of amides is 1. The number of carbonyl (C=O) groups excluding carboxylic acids is 2. The van der Waals surface area contributed by atoms with Crippen molar-refractivity contribution in [2.45, 2.75) is 32.2 Å². The van der Waals surface area contributed by atoms with E-state index in [0.717, 1.165) is 5.56 Å². The third kappa shape index (κ3) is 4.25. The zero-order valence-corrected chi connectivity index (χ0v) is 21.5. The normalized spacial score (nSPS) is 16.1. The van der Waals surface area contributed by atoms with Gasteiger partial charge >= 0.3 is 0 Å². The molecular formula is C29H25ClN2O5. The van der Waals surface area contributed by atoms with Crippen molar-refractivity contribution in [3.8, 4) is 5.75 Å². The highest BCUT2D eigenvalue weighted by Crippen LogP contribution is 2.42. The number of carbonyl (C=O) groups is 2. The van der Waals surface area contributed by atoms with Crippen LogP contribution >= 0.6 is 11.6 Å². The molecule has 0 spiro atoms. The number of nitrogens with zero attached hydrogens (tertiary/aromatic N) is 2. The van der Waals surface area contributed by atoms with Crippen molar-refractivity contribution in [2.24, 2.45) is 0 Å². The maximum absolute atomic E-state index is 13.8. The molecule has 188 valence electrons. The number of furan rings is 1. The molecule has 1 amide bonds. The number of Topliss-reactive ketones (excluding diaryl/α,β-unsaturated/α-hetero) is 1. The van der Waals surface area contributed by atoms with Gasteiger partial charge in [-0.2, -0.15) is 0 Å². The Balaban J connectivity index is 1.63. The SMILES string of the molecule is COc1cc(Cl)cc2cc(C(=O)C3=C(O)C(=O)N(c4ccc(C(C)(C)C)cc4)C3c3ccccn3)oc12. The van der Waals surface area contributed by atoms with E-state index in [0.29, 0.717) is 33.1 Å². The highest BCUT2D eigenvalue weighted by molar-refractivity contribution is 6.31. The minimum Gasteiger partial charge on any atom is -0.503 e. The van der Waals surface area contributed by atoms with Crippen LogP contribution in [0, 0.1) is 0 Å². The molecule has 1 N–H and O–H groups in total. The summed E-state index contributed by atoms with van der Waals surface area (Å²) in [5, 5.41) is 12.0. The molecule has 3 heterocycles. The summed E-state index contributed by atoms with van der Waals surface area (Å²) in [4.78, 5) is 33.0. The van der Waals surface area contributed by atoms with E-state index in [1.165, 1.54) is 18.1 Å². The molecule has 2 aromatic heterocycles. The number of aliphatic hydroxyl groups is 1. The molecule has 1 aliphatic rings. The zero-order valence-electron chi connectivity index (χ0n) is 20.8. The number of aliphatic hydroxyl groups excluding tert-OH is 1. The number of aromatic nitrogens is 1. The number of hydrogen-bond acceptors (Lipinski definition) is 6. The second kappa shape index (κ2) is 9.09. The van der Waals surface area contributed by atoms with Gasteiger partial charge < -0.3 is 14.3 Å². The third-order valence-electron chi connectivity index (χ3n) is 6.42. The largest absolute Gasteiger partial charge is 0.503 e. The molecule has 0 bridgehead atoms. The predicted molar refractivity (Wildman–Crippen MR) is 141 cm³/mol. The Bertz CT molecular complexity index is 1550. The van der Waals surface area contributed by atoms with E-state index in [-0.39, 0.29) is 16.7 Å². The molecular weight excluding hydrogens is 492 g/mol. The number of methoxy groups -OCH3 is 1. The molecule has 0 fully saturated rings. The summed E-state index contributed by atoms with van der Waals surface area (Å²) in [6.45, 7) is 6.29. The van der Waals surface area contributed by atoms with Gasteiger partial charge in [-0.25, -0.2) is 0 Å². The first kappa shape index (κ1) is 24.6. The van der Waals surface area contributed by atoms with E-state index in [1.807, 2.05) is 24.3 Å². The van der Waals surface area contributed by atoms with Crippen LogP contribution in [0.4, 0.5) is 5.69 Å². The molecule has 2 aromatic carbocycles. The van der Waals surface area contributed by atoms with Crippen molar-refractivity contribution in [3.63, 3.8) is 0 Å². The Labute approximate surface area is 218 Å². The molecule has 1 aliphatic heterocycles. The second-order valence-corrected chi connectivity index (χ2v) is 10.3. The van der Waals surface area contributed by atoms with Crippen LogP contribution in [0.25, 0.3) is 11.0 Å². The highest BCUT2D eigenvalue weighted by atomic mass is 35.5. The molecule has 1 unspecified atom stereocenters. The van der Waals surface area contributed by atoms with Crippen molar-refractivity contribution >= 4 is 39.9 Å². The molecule has 0 saturated heterocycles. The smallest absolute Gasteiger partial charge is 0.294 e. The molecule has 7 nitrogen and oxygen atoms in total. The van der Waals surface area contributed by atoms with E-state index in [1.54, 1.807) is 36.5 Å². The molecule has 5 rings (SSSR count). The van der Waals surface area contributed by atoms with Crippen molar-refractivity contribution in [2.75, 3.05) is 12.0 Å². The summed E-state index contributed by atoms with van der Waals surface area (Å²) >= 11 is 6.17. The van der Waals surface area contributed by atoms with Gasteiger partial charge in [-0.3, -0.25) is 19.5 Å². The standard InChI is InChI=1S/C29H25ClN2O5/c1-29(2,3)17-8-10-19(11-9-17)32-24(20-7-5-6-12-31-20)23(26(34)28(32)35)25(33)21-14-16-13-18(30)15-22(36-4)27(16)37-21/h5-15,24,34H,1-4H3. The lowest BCUT2D eigenvalue weighted by Crippen LogP contribution is -2.31. The van der Waals surface area contributed by atoms with E-state index in [9.17, 15) is 14.7 Å². The average molecular weight is 517 g/mol. The van der Waals surface area contributed by atoms with Crippen LogP contribution in [-0.2, 0) is 10.2 Å². The lowest BCUT2D eigenvalue weighted by Gasteiger charge is -2.27. The number of ketones is 1. The van der Waals surface area contributed by atoms with Crippen LogP contribution in [0.15, 0.2) is 82.6 Å². The van der Waals surface area contributed by atoms with Crippen LogP contribution in [0.2, 0.25) is 5.02 Å². The molecule has 37 heavy (non-hydrogen) atoms. The van der Waals surface area contributed by atoms with Gasteiger partial charge in [0.05, 0.1) is 18.4 Å². The first-order valence-electron chi connectivity index (χ1n) is 11.7. The van der Waals surface area contributed by atoms with Crippen LogP contribution in [0.5, 0.6) is 5.75 Å². The van der Waals surface area contributed by atoms with E-state index in [4.69, 9.17) is 20.8 Å². The van der Waals surface area contributed by atoms with Gasteiger partial charge in [0.2, 0.25) is 5.78 Å². The third-order valence-corrected chi connectivity index (χ3v) is 6.64. The number of fused-ring (bicyclic) bond motifs is 1. The van der Waals surface area contributed by atoms with Crippen LogP contribution in [0.3, 0.4) is 0 Å². The van der Waals surface area contributed by atoms with Crippen LogP contribution < -0.4 is 9.64 Å². The van der Waals surface area contributed by atoms with Crippen molar-refractivity contribution < 1.29 is 23.8 Å². The number of halogens is 1. The fourth-order valence-corrected chi connectivity index (χ4v) is 4.74. The maximum Gasteiger partial charge on any atom is 0.294 e. The molecule has 0 saturated carbocycles. The first-order valence-corrected chi connectivity index (χ1v) is 12.1. The molecule has 1 atom stereocenters. The number of rotatable bonds is 5. The topological polar surface area (TPSA) is 92.9 Å². The maximum atomic E-state index is 13.8. The second-order valence-electron chi connectivity index (χ2n) is 9.86. The summed E-state index contributed by atoms with van der Waals surface area (Å²) < 4.78 is 11.2. The van der Waals surface area contributed by atoms with Gasteiger partial charge in [0.25, 0.3) is 5.91 Å². The minimum atomic E-state index is -0.958. The molecule has 8 heteroatoms. The van der Waals surface area contributed by atoms with Gasteiger partial charge in [0.1, 0.15) is 6.04 Å². The molecule has 4 aromatic rings. The number of pyridine rings is 1. The summed E-state index contributed by atoms with van der Waals surface area (Å²) in [5.41, 5.74) is 2.18. The first-order chi connectivity index (χ1) is 17.6. The van der Waals surface area contributed by atoms with E-state index < -0.39 is 23.5 Å². The van der Waals surface area contributed by atoms with Crippen molar-refractivity contribution in [3.05, 3.63) is 100 Å². The Morgan fingerprint density at radius 3 is 2.46 bits per heavy atom. The van der Waals surface area contributed by atoms with Crippen molar-refractivity contribution in [1.82, 2.24) is 4.98 Å². The summed E-state index contributed by atoms with van der Waals surface area (Å²) in [6, 6.07) is 16.5. The Hall–Kier alpha value is -4.10. The predicted octanol–water partition coefficient (Wildman–Crippen LogP) is 6.57. The average Bonchev–Trinajstić information content (AvgIpc) is 3.42. The van der Waals surface area contributed by atoms with Gasteiger partial charge in [-0.1, -0.05) is 50.6 Å². The van der Waals surface area contributed by atoms with Crippen LogP contribution in [0.1, 0.15) is 48.6 Å². The summed E-state index contributed by atoms with van der Waals surface area (Å²) in [5.74, 6) is -1.67. The summed E-state index contributed by atoms with van der Waals surface area (Å²) in [6.07, 6.45) is 1.58. The quantitative estimate of drug-likeness (QED) is 0.301. The fraction of sp³-hybridized carbons (Fsp3) is 0.207. The van der Waals surface area contributed by atoms with Gasteiger partial charge in [0.15, 0.2) is 22.9 Å². The van der Waals surface area contributed by atoms with Crippen molar-refractivity contribution in [1.29, 1.82) is 0 Å². The van der Waals surface area contributed by atoms with E-state index >= 15 is 0 Å². The number of ether oxygens (including phenoxy) is 1. The summed E-state index contributed by atoms with van der Waals surface area (Å²) in [7, 11) is 1.47. The zero-order chi connectivity index (χ0) is 26.5. The van der Waals surface area contributed by atoms with Gasteiger partial charge in [0, 0.05) is 28.4 Å².